The second kappa shape index (κ2) is 7.06. The van der Waals surface area contributed by atoms with E-state index < -0.39 is 5.92 Å². The van der Waals surface area contributed by atoms with Crippen LogP contribution in [0.3, 0.4) is 0 Å². The Morgan fingerprint density at radius 3 is 2.59 bits per heavy atom. The number of nitrogens with zero attached hydrogens (tertiary/aromatic N) is 1. The van der Waals surface area contributed by atoms with E-state index >= 15 is 0 Å². The standard InChI is InChI=1S/C16H20N2O4/c1-3-4-14(19)17-12-5-7-13(8-6-12)18-10-11(9-15(18)20)16(21)22-2/h5-8,11H,3-4,9-10H2,1-2H3,(H,17,19). The summed E-state index contributed by atoms with van der Waals surface area (Å²) < 4.78 is 4.69. The van der Waals surface area contributed by atoms with Gasteiger partial charge in [-0.2, -0.15) is 0 Å². The van der Waals surface area contributed by atoms with Crippen molar-refractivity contribution >= 4 is 29.2 Å². The van der Waals surface area contributed by atoms with Crippen LogP contribution in [-0.4, -0.2) is 31.4 Å². The summed E-state index contributed by atoms with van der Waals surface area (Å²) in [5.41, 5.74) is 1.41. The van der Waals surface area contributed by atoms with E-state index in [9.17, 15) is 14.4 Å². The number of rotatable bonds is 5. The van der Waals surface area contributed by atoms with E-state index in [1.54, 1.807) is 29.2 Å². The number of ether oxygens (including phenoxy) is 1. The molecule has 1 aliphatic heterocycles. The van der Waals surface area contributed by atoms with E-state index in [1.165, 1.54) is 7.11 Å². The minimum absolute atomic E-state index is 0.0294. The van der Waals surface area contributed by atoms with Crippen molar-refractivity contribution in [3.05, 3.63) is 24.3 Å². The van der Waals surface area contributed by atoms with Gasteiger partial charge in [0, 0.05) is 30.8 Å². The van der Waals surface area contributed by atoms with Crippen molar-refractivity contribution in [1.82, 2.24) is 0 Å². The highest BCUT2D eigenvalue weighted by atomic mass is 16.5. The van der Waals surface area contributed by atoms with Crippen LogP contribution in [0, 0.1) is 5.92 Å². The highest BCUT2D eigenvalue weighted by molar-refractivity contribution is 5.99. The van der Waals surface area contributed by atoms with Gasteiger partial charge in [-0.15, -0.1) is 0 Å². The van der Waals surface area contributed by atoms with Crippen LogP contribution < -0.4 is 10.2 Å². The van der Waals surface area contributed by atoms with Gasteiger partial charge in [0.2, 0.25) is 11.8 Å². The first kappa shape index (κ1) is 16.0. The Hall–Kier alpha value is -2.37. The monoisotopic (exact) mass is 304 g/mol. The fourth-order valence-electron chi connectivity index (χ4n) is 2.46. The molecule has 6 nitrogen and oxygen atoms in total. The molecule has 1 N–H and O–H groups in total. The second-order valence-electron chi connectivity index (χ2n) is 5.27. The third-order valence-electron chi connectivity index (χ3n) is 3.60. The molecule has 1 aliphatic rings. The Kier molecular flexibility index (Phi) is 5.14. The zero-order chi connectivity index (χ0) is 16.1. The zero-order valence-electron chi connectivity index (χ0n) is 12.8. The summed E-state index contributed by atoms with van der Waals surface area (Å²) in [6.07, 6.45) is 1.44. The van der Waals surface area contributed by atoms with E-state index in [0.29, 0.717) is 24.3 Å². The molecule has 22 heavy (non-hydrogen) atoms. The minimum Gasteiger partial charge on any atom is -0.469 e. The zero-order valence-corrected chi connectivity index (χ0v) is 12.8. The summed E-state index contributed by atoms with van der Waals surface area (Å²) in [5, 5.41) is 2.79. The first-order valence-electron chi connectivity index (χ1n) is 7.33. The molecule has 1 saturated heterocycles. The van der Waals surface area contributed by atoms with Crippen LogP contribution in [0.25, 0.3) is 0 Å². The molecule has 0 bridgehead atoms. The first-order chi connectivity index (χ1) is 10.5. The molecule has 0 spiro atoms. The Morgan fingerprint density at radius 1 is 1.32 bits per heavy atom. The maximum Gasteiger partial charge on any atom is 0.311 e. The Bertz CT molecular complexity index is 568. The molecule has 1 aromatic rings. The number of amides is 2. The summed E-state index contributed by atoms with van der Waals surface area (Å²) in [6.45, 7) is 2.27. The van der Waals surface area contributed by atoms with Crippen LogP contribution >= 0.6 is 0 Å². The van der Waals surface area contributed by atoms with Crippen molar-refractivity contribution in [3.63, 3.8) is 0 Å². The maximum absolute atomic E-state index is 12.0. The summed E-state index contributed by atoms with van der Waals surface area (Å²) in [7, 11) is 1.32. The van der Waals surface area contributed by atoms with Crippen molar-refractivity contribution in [2.45, 2.75) is 26.2 Å². The lowest BCUT2D eigenvalue weighted by Gasteiger charge is -2.17. The third-order valence-corrected chi connectivity index (χ3v) is 3.60. The molecule has 1 heterocycles. The van der Waals surface area contributed by atoms with Crippen LogP contribution in [-0.2, 0) is 19.1 Å². The van der Waals surface area contributed by atoms with Crippen molar-refractivity contribution in [2.24, 2.45) is 5.92 Å². The van der Waals surface area contributed by atoms with E-state index in [1.807, 2.05) is 6.92 Å². The number of carbonyl (C=O) groups excluding carboxylic acids is 3. The van der Waals surface area contributed by atoms with Gasteiger partial charge in [-0.3, -0.25) is 14.4 Å². The Labute approximate surface area is 129 Å². The van der Waals surface area contributed by atoms with Gasteiger partial charge in [0.15, 0.2) is 0 Å². The molecule has 6 heteroatoms. The average Bonchev–Trinajstić information content (AvgIpc) is 2.89. The van der Waals surface area contributed by atoms with Crippen molar-refractivity contribution in [1.29, 1.82) is 0 Å². The summed E-state index contributed by atoms with van der Waals surface area (Å²) in [6, 6.07) is 7.03. The molecule has 1 fully saturated rings. The molecule has 0 saturated carbocycles. The van der Waals surface area contributed by atoms with Crippen LogP contribution in [0.2, 0.25) is 0 Å². The van der Waals surface area contributed by atoms with Gasteiger partial charge in [-0.25, -0.2) is 0 Å². The number of hydrogen-bond acceptors (Lipinski definition) is 4. The smallest absolute Gasteiger partial charge is 0.311 e. The molecule has 2 amide bonds. The normalized spacial score (nSPS) is 17.5. The van der Waals surface area contributed by atoms with Crippen molar-refractivity contribution in [3.8, 4) is 0 Å². The lowest BCUT2D eigenvalue weighted by molar-refractivity contribution is -0.145. The molecule has 1 aromatic carbocycles. The van der Waals surface area contributed by atoms with Gasteiger partial charge in [0.05, 0.1) is 13.0 Å². The van der Waals surface area contributed by atoms with Crippen molar-refractivity contribution in [2.75, 3.05) is 23.9 Å². The van der Waals surface area contributed by atoms with Gasteiger partial charge in [-0.05, 0) is 30.7 Å². The van der Waals surface area contributed by atoms with Crippen molar-refractivity contribution < 1.29 is 19.1 Å². The lowest BCUT2D eigenvalue weighted by atomic mass is 10.1. The topological polar surface area (TPSA) is 75.7 Å². The fourth-order valence-corrected chi connectivity index (χ4v) is 2.46. The van der Waals surface area contributed by atoms with Gasteiger partial charge >= 0.3 is 5.97 Å². The molecule has 0 aliphatic carbocycles. The number of methoxy groups -OCH3 is 1. The molecule has 2 rings (SSSR count). The van der Waals surface area contributed by atoms with Gasteiger partial charge in [-0.1, -0.05) is 6.92 Å². The maximum atomic E-state index is 12.0. The number of esters is 1. The molecule has 1 atom stereocenters. The SMILES string of the molecule is CCCC(=O)Nc1ccc(N2CC(C(=O)OC)CC2=O)cc1. The van der Waals surface area contributed by atoms with E-state index in [-0.39, 0.29) is 24.2 Å². The Morgan fingerprint density at radius 2 is 2.00 bits per heavy atom. The number of carbonyl (C=O) groups is 3. The van der Waals surface area contributed by atoms with Crippen LogP contribution in [0.5, 0.6) is 0 Å². The van der Waals surface area contributed by atoms with Crippen LogP contribution in [0.15, 0.2) is 24.3 Å². The molecule has 0 radical (unpaired) electrons. The molecular formula is C16H20N2O4. The van der Waals surface area contributed by atoms with Crippen LogP contribution in [0.1, 0.15) is 26.2 Å². The number of hydrogen-bond donors (Lipinski definition) is 1. The predicted molar refractivity (Wildman–Crippen MR) is 82.5 cm³/mol. The van der Waals surface area contributed by atoms with E-state index in [4.69, 9.17) is 0 Å². The fraction of sp³-hybridized carbons (Fsp3) is 0.438. The highest BCUT2D eigenvalue weighted by Crippen LogP contribution is 2.26. The largest absolute Gasteiger partial charge is 0.469 e. The quantitative estimate of drug-likeness (QED) is 0.844. The minimum atomic E-state index is -0.415. The Balaban J connectivity index is 2.03. The number of anilines is 2. The molecule has 1 unspecified atom stereocenters. The number of benzene rings is 1. The van der Waals surface area contributed by atoms with E-state index in [0.717, 1.165) is 6.42 Å². The van der Waals surface area contributed by atoms with Gasteiger partial charge in [0.25, 0.3) is 0 Å². The lowest BCUT2D eigenvalue weighted by Crippen LogP contribution is -2.26. The number of nitrogens with one attached hydrogen (secondary N) is 1. The second-order valence-corrected chi connectivity index (χ2v) is 5.27. The predicted octanol–water partition coefficient (Wildman–Crippen LogP) is 1.95. The first-order valence-corrected chi connectivity index (χ1v) is 7.33. The van der Waals surface area contributed by atoms with Gasteiger partial charge in [0.1, 0.15) is 0 Å². The highest BCUT2D eigenvalue weighted by Gasteiger charge is 2.35. The van der Waals surface area contributed by atoms with Gasteiger partial charge < -0.3 is 15.0 Å². The van der Waals surface area contributed by atoms with Crippen LogP contribution in [0.4, 0.5) is 11.4 Å². The molecule has 118 valence electrons. The third kappa shape index (κ3) is 3.63. The molecule has 0 aromatic heterocycles. The average molecular weight is 304 g/mol. The summed E-state index contributed by atoms with van der Waals surface area (Å²) in [4.78, 5) is 36.6. The molecular weight excluding hydrogens is 284 g/mol. The van der Waals surface area contributed by atoms with E-state index in [2.05, 4.69) is 10.1 Å². The summed E-state index contributed by atoms with van der Waals surface area (Å²) >= 11 is 0. The summed E-state index contributed by atoms with van der Waals surface area (Å²) in [5.74, 6) is -0.905.